The van der Waals surface area contributed by atoms with E-state index < -0.39 is 6.04 Å². The van der Waals surface area contributed by atoms with Gasteiger partial charge < -0.3 is 14.4 Å². The number of allylic oxidation sites excluding steroid dienone is 1. The second-order valence-corrected chi connectivity index (χ2v) is 11.2. The highest BCUT2D eigenvalue weighted by Crippen LogP contribution is 2.36. The van der Waals surface area contributed by atoms with Crippen LogP contribution < -0.4 is 24.4 Å². The fourth-order valence-corrected chi connectivity index (χ4v) is 6.50. The molecule has 0 saturated heterocycles. The molecule has 1 aromatic heterocycles. The first-order chi connectivity index (χ1) is 20.4. The van der Waals surface area contributed by atoms with Crippen molar-refractivity contribution in [3.05, 3.63) is 103 Å². The molecule has 3 aromatic carbocycles. The van der Waals surface area contributed by atoms with E-state index in [1.165, 1.54) is 11.3 Å². The molecule has 1 aliphatic heterocycles. The van der Waals surface area contributed by atoms with Gasteiger partial charge in [0.25, 0.3) is 11.5 Å². The standard InChI is InChI=1S/C34H37N3O4S/c1-6-9-20-41-28-19-18-23-14-10-11-15-24(23)26(28)21-29-32(38)37-31(25-16-12-13-17-27(25)40-5)30(22(4)35-34(37)42-29)33(39)36(7-2)8-3/h10-19,21,31H,6-9,20H2,1-5H3/b29-21+/t31-/m1/s1. The minimum atomic E-state index is -0.680. The average molecular weight is 584 g/mol. The summed E-state index contributed by atoms with van der Waals surface area (Å²) in [5.41, 5.74) is 2.48. The van der Waals surface area contributed by atoms with Crippen LogP contribution in [0.5, 0.6) is 11.5 Å². The summed E-state index contributed by atoms with van der Waals surface area (Å²) in [5, 5.41) is 2.07. The Morgan fingerprint density at radius 2 is 1.76 bits per heavy atom. The normalized spacial score (nSPS) is 15.0. The van der Waals surface area contributed by atoms with Crippen molar-refractivity contribution < 1.29 is 14.3 Å². The Labute approximate surface area is 250 Å². The van der Waals surface area contributed by atoms with Crippen molar-refractivity contribution in [2.45, 2.75) is 46.6 Å². The zero-order valence-corrected chi connectivity index (χ0v) is 25.7. The average Bonchev–Trinajstić information content (AvgIpc) is 3.31. The molecule has 0 saturated carbocycles. The minimum Gasteiger partial charge on any atom is -0.496 e. The van der Waals surface area contributed by atoms with Crippen LogP contribution in [0.3, 0.4) is 0 Å². The number of para-hydroxylation sites is 1. The predicted octanol–water partition coefficient (Wildman–Crippen LogP) is 5.44. The third-order valence-electron chi connectivity index (χ3n) is 7.70. The molecule has 0 radical (unpaired) electrons. The number of benzene rings is 3. The van der Waals surface area contributed by atoms with Gasteiger partial charge in [-0.15, -0.1) is 0 Å². The maximum absolute atomic E-state index is 14.3. The quantitative estimate of drug-likeness (QED) is 0.233. The Balaban J connectivity index is 1.77. The smallest absolute Gasteiger partial charge is 0.271 e. The number of thiazole rings is 1. The van der Waals surface area contributed by atoms with Gasteiger partial charge >= 0.3 is 0 Å². The van der Waals surface area contributed by atoms with Crippen molar-refractivity contribution in [1.29, 1.82) is 0 Å². The van der Waals surface area contributed by atoms with Gasteiger partial charge in [0.1, 0.15) is 17.5 Å². The zero-order valence-electron chi connectivity index (χ0n) is 24.8. The summed E-state index contributed by atoms with van der Waals surface area (Å²) in [6.07, 6.45) is 3.88. The molecule has 42 heavy (non-hydrogen) atoms. The van der Waals surface area contributed by atoms with Crippen molar-refractivity contribution in [2.24, 2.45) is 4.99 Å². The molecule has 2 heterocycles. The van der Waals surface area contributed by atoms with Gasteiger partial charge in [0.05, 0.1) is 29.5 Å². The van der Waals surface area contributed by atoms with Crippen molar-refractivity contribution >= 4 is 34.1 Å². The molecule has 4 aromatic rings. The van der Waals surface area contributed by atoms with Crippen LogP contribution in [0.1, 0.15) is 57.7 Å². The van der Waals surface area contributed by atoms with Crippen LogP contribution in [-0.2, 0) is 4.79 Å². The summed E-state index contributed by atoms with van der Waals surface area (Å²) in [6.45, 7) is 9.59. The van der Waals surface area contributed by atoms with E-state index in [1.54, 1.807) is 16.6 Å². The van der Waals surface area contributed by atoms with Crippen molar-refractivity contribution in [3.8, 4) is 11.5 Å². The van der Waals surface area contributed by atoms with Gasteiger partial charge in [-0.05, 0) is 56.2 Å². The maximum Gasteiger partial charge on any atom is 0.271 e. The molecule has 0 aliphatic carbocycles. The van der Waals surface area contributed by atoms with E-state index in [2.05, 4.69) is 13.0 Å². The molecule has 0 N–H and O–H groups in total. The first kappa shape index (κ1) is 29.3. The molecule has 0 unspecified atom stereocenters. The lowest BCUT2D eigenvalue weighted by molar-refractivity contribution is -0.127. The number of nitrogens with zero attached hydrogens (tertiary/aromatic N) is 3. The van der Waals surface area contributed by atoms with E-state index >= 15 is 0 Å². The number of unbranched alkanes of at least 4 members (excludes halogenated alkanes) is 1. The largest absolute Gasteiger partial charge is 0.496 e. The van der Waals surface area contributed by atoms with Gasteiger partial charge in [-0.3, -0.25) is 14.2 Å². The molecule has 1 amide bonds. The zero-order chi connectivity index (χ0) is 29.8. The maximum atomic E-state index is 14.3. The summed E-state index contributed by atoms with van der Waals surface area (Å²) < 4.78 is 14.1. The molecule has 5 rings (SSSR count). The fraction of sp³-hybridized carbons (Fsp3) is 0.324. The van der Waals surface area contributed by atoms with Gasteiger partial charge in [0.15, 0.2) is 4.80 Å². The molecule has 8 heteroatoms. The Morgan fingerprint density at radius 3 is 2.50 bits per heavy atom. The van der Waals surface area contributed by atoms with E-state index in [1.807, 2.05) is 81.4 Å². The fourth-order valence-electron chi connectivity index (χ4n) is 5.47. The number of ether oxygens (including phenoxy) is 2. The molecule has 7 nitrogen and oxygen atoms in total. The van der Waals surface area contributed by atoms with Gasteiger partial charge in [-0.25, -0.2) is 4.99 Å². The van der Waals surface area contributed by atoms with Gasteiger partial charge in [-0.1, -0.05) is 73.2 Å². The lowest BCUT2D eigenvalue weighted by Crippen LogP contribution is -2.43. The van der Waals surface area contributed by atoms with Crippen LogP contribution >= 0.6 is 11.3 Å². The molecule has 1 aliphatic rings. The number of hydrogen-bond donors (Lipinski definition) is 0. The number of likely N-dealkylation sites (N-methyl/N-ethyl adjacent to an activating group) is 1. The number of hydrogen-bond acceptors (Lipinski definition) is 6. The molecular weight excluding hydrogens is 546 g/mol. The van der Waals surface area contributed by atoms with Crippen molar-refractivity contribution in [3.63, 3.8) is 0 Å². The number of rotatable bonds is 10. The summed E-state index contributed by atoms with van der Waals surface area (Å²) >= 11 is 1.32. The van der Waals surface area contributed by atoms with Gasteiger partial charge in [0, 0.05) is 24.2 Å². The number of carbonyl (C=O) groups excluding carboxylic acids is 1. The van der Waals surface area contributed by atoms with Crippen molar-refractivity contribution in [2.75, 3.05) is 26.8 Å². The second-order valence-electron chi connectivity index (χ2n) is 10.2. The highest BCUT2D eigenvalue weighted by atomic mass is 32.1. The number of amides is 1. The van der Waals surface area contributed by atoms with Crippen molar-refractivity contribution in [1.82, 2.24) is 9.47 Å². The lowest BCUT2D eigenvalue weighted by atomic mass is 9.94. The van der Waals surface area contributed by atoms with Gasteiger partial charge in [-0.2, -0.15) is 0 Å². The summed E-state index contributed by atoms with van der Waals surface area (Å²) in [7, 11) is 1.60. The van der Waals surface area contributed by atoms with Crippen LogP contribution in [0.25, 0.3) is 16.8 Å². The Hall–Kier alpha value is -4.17. The van der Waals surface area contributed by atoms with E-state index in [0.29, 0.717) is 46.0 Å². The minimum absolute atomic E-state index is 0.132. The lowest BCUT2D eigenvalue weighted by Gasteiger charge is -2.29. The summed E-state index contributed by atoms with van der Waals surface area (Å²) in [6, 6.07) is 19.0. The highest BCUT2D eigenvalue weighted by Gasteiger charge is 2.35. The van der Waals surface area contributed by atoms with Crippen LogP contribution in [0.4, 0.5) is 0 Å². The van der Waals surface area contributed by atoms with E-state index in [-0.39, 0.29) is 11.5 Å². The number of fused-ring (bicyclic) bond motifs is 2. The van der Waals surface area contributed by atoms with Gasteiger partial charge in [0.2, 0.25) is 0 Å². The summed E-state index contributed by atoms with van der Waals surface area (Å²) in [5.74, 6) is 1.22. The Morgan fingerprint density at radius 1 is 1.02 bits per heavy atom. The SMILES string of the molecule is CCCCOc1ccc2ccccc2c1/C=c1/sc2n(c1=O)[C@H](c1ccccc1OC)C(C(=O)N(CC)CC)=C(C)N=2. The Kier molecular flexibility index (Phi) is 8.92. The monoisotopic (exact) mass is 583 g/mol. The topological polar surface area (TPSA) is 73.1 Å². The van der Waals surface area contributed by atoms with Crippen LogP contribution in [0.15, 0.2) is 81.7 Å². The third-order valence-corrected chi connectivity index (χ3v) is 8.68. The predicted molar refractivity (Wildman–Crippen MR) is 169 cm³/mol. The molecule has 0 fully saturated rings. The number of methoxy groups -OCH3 is 1. The molecule has 1 atom stereocenters. The first-order valence-corrected chi connectivity index (χ1v) is 15.3. The molecule has 0 spiro atoms. The van der Waals surface area contributed by atoms with E-state index in [9.17, 15) is 9.59 Å². The second kappa shape index (κ2) is 12.8. The number of carbonyl (C=O) groups is 1. The molecule has 0 bridgehead atoms. The van der Waals surface area contributed by atoms with E-state index in [4.69, 9.17) is 14.5 Å². The first-order valence-electron chi connectivity index (χ1n) is 14.5. The summed E-state index contributed by atoms with van der Waals surface area (Å²) in [4.78, 5) is 35.4. The highest BCUT2D eigenvalue weighted by molar-refractivity contribution is 7.07. The van der Waals surface area contributed by atoms with E-state index in [0.717, 1.165) is 40.5 Å². The Bertz CT molecular complexity index is 1830. The van der Waals surface area contributed by atoms with Crippen LogP contribution in [0, 0.1) is 0 Å². The number of aromatic nitrogens is 1. The molecular formula is C34H37N3O4S. The third kappa shape index (κ3) is 5.39. The molecule has 218 valence electrons. The van der Waals surface area contributed by atoms with Crippen LogP contribution in [0.2, 0.25) is 0 Å². The van der Waals surface area contributed by atoms with Crippen LogP contribution in [-0.4, -0.2) is 42.2 Å².